The van der Waals surface area contributed by atoms with Crippen LogP contribution in [0.15, 0.2) is 4.99 Å². The molecule has 136 valence electrons. The van der Waals surface area contributed by atoms with Gasteiger partial charge in [0.15, 0.2) is 5.96 Å². The second-order valence-electron chi connectivity index (χ2n) is 6.86. The molecule has 0 aromatic carbocycles. The molecular weight excluding hydrogens is 407 g/mol. The third kappa shape index (κ3) is 9.88. The van der Waals surface area contributed by atoms with Crippen LogP contribution in [0.5, 0.6) is 0 Å². The van der Waals surface area contributed by atoms with Gasteiger partial charge in [-0.25, -0.2) is 4.79 Å². The van der Waals surface area contributed by atoms with E-state index in [1.807, 2.05) is 20.8 Å². The minimum atomic E-state index is -0.466. The topological polar surface area (TPSA) is 66.0 Å². The maximum atomic E-state index is 11.6. The molecule has 6 nitrogen and oxygen atoms in total. The molecule has 23 heavy (non-hydrogen) atoms. The van der Waals surface area contributed by atoms with Crippen molar-refractivity contribution in [1.29, 1.82) is 0 Å². The Balaban J connectivity index is 0.00000484. The van der Waals surface area contributed by atoms with E-state index in [2.05, 4.69) is 34.4 Å². The van der Waals surface area contributed by atoms with Crippen molar-refractivity contribution in [1.82, 2.24) is 15.5 Å². The van der Waals surface area contributed by atoms with Gasteiger partial charge in [0.2, 0.25) is 0 Å². The summed E-state index contributed by atoms with van der Waals surface area (Å²) in [4.78, 5) is 18.5. The molecular formula is C16H33IN4O2. The van der Waals surface area contributed by atoms with Crippen LogP contribution in [0.3, 0.4) is 0 Å². The average Bonchev–Trinajstić information content (AvgIpc) is 2.40. The van der Waals surface area contributed by atoms with Crippen molar-refractivity contribution < 1.29 is 9.53 Å². The fraction of sp³-hybridized carbons (Fsp3) is 0.875. The number of carbonyl (C=O) groups is 1. The molecule has 1 amide bonds. The van der Waals surface area contributed by atoms with Crippen LogP contribution in [0.25, 0.3) is 0 Å². The fourth-order valence-corrected chi connectivity index (χ4v) is 2.44. The van der Waals surface area contributed by atoms with Gasteiger partial charge in [-0.05, 0) is 46.5 Å². The SMILES string of the molecule is CCNC(=NCCNC(=O)OC(C)(C)C)N1CCCC(C)C1.I. The van der Waals surface area contributed by atoms with E-state index in [0.717, 1.165) is 25.6 Å². The molecule has 1 fully saturated rings. The standard InChI is InChI=1S/C16H32N4O2.HI/c1-6-17-14(20-11-7-8-13(2)12-20)18-9-10-19-15(21)22-16(3,4)5;/h13H,6-12H2,1-5H3,(H,17,18)(H,19,21);1H. The Hall–Kier alpha value is -0.730. The maximum absolute atomic E-state index is 11.6. The van der Waals surface area contributed by atoms with E-state index in [-0.39, 0.29) is 30.1 Å². The zero-order chi connectivity index (χ0) is 16.6. The van der Waals surface area contributed by atoms with Crippen LogP contribution in [0.4, 0.5) is 4.79 Å². The van der Waals surface area contributed by atoms with Crippen molar-refractivity contribution in [2.45, 2.75) is 53.1 Å². The molecule has 1 atom stereocenters. The summed E-state index contributed by atoms with van der Waals surface area (Å²) in [5.74, 6) is 1.65. The molecule has 0 spiro atoms. The van der Waals surface area contributed by atoms with Crippen molar-refractivity contribution >= 4 is 36.0 Å². The Kier molecular flexibility index (Phi) is 10.6. The molecule has 0 aliphatic carbocycles. The van der Waals surface area contributed by atoms with Crippen LogP contribution < -0.4 is 10.6 Å². The highest BCUT2D eigenvalue weighted by atomic mass is 127. The van der Waals surface area contributed by atoms with Gasteiger partial charge in [0.1, 0.15) is 5.60 Å². The lowest BCUT2D eigenvalue weighted by Crippen LogP contribution is -2.46. The fourth-order valence-electron chi connectivity index (χ4n) is 2.44. The second kappa shape index (κ2) is 10.9. The second-order valence-corrected chi connectivity index (χ2v) is 6.86. The van der Waals surface area contributed by atoms with Gasteiger partial charge >= 0.3 is 6.09 Å². The molecule has 7 heteroatoms. The first kappa shape index (κ1) is 22.3. The van der Waals surface area contributed by atoms with Crippen molar-refractivity contribution in [3.63, 3.8) is 0 Å². The summed E-state index contributed by atoms with van der Waals surface area (Å²) in [6, 6.07) is 0. The largest absolute Gasteiger partial charge is 0.444 e. The zero-order valence-electron chi connectivity index (χ0n) is 15.1. The molecule has 0 saturated carbocycles. The number of carbonyl (C=O) groups excluding carboxylic acids is 1. The number of alkyl carbamates (subject to hydrolysis) is 1. The number of hydrogen-bond acceptors (Lipinski definition) is 3. The molecule has 0 bridgehead atoms. The molecule has 1 aliphatic rings. The van der Waals surface area contributed by atoms with Gasteiger partial charge in [-0.1, -0.05) is 6.92 Å². The molecule has 0 radical (unpaired) electrons. The summed E-state index contributed by atoms with van der Waals surface area (Å²) in [6.45, 7) is 13.9. The van der Waals surface area contributed by atoms with Gasteiger partial charge < -0.3 is 20.3 Å². The third-order valence-electron chi connectivity index (χ3n) is 3.33. The van der Waals surface area contributed by atoms with Crippen LogP contribution in [0.2, 0.25) is 0 Å². The van der Waals surface area contributed by atoms with Gasteiger partial charge in [0.25, 0.3) is 0 Å². The Morgan fingerprint density at radius 3 is 2.61 bits per heavy atom. The van der Waals surface area contributed by atoms with Crippen LogP contribution in [0, 0.1) is 5.92 Å². The minimum absolute atomic E-state index is 0. The predicted octanol–water partition coefficient (Wildman–Crippen LogP) is 2.83. The number of nitrogens with one attached hydrogen (secondary N) is 2. The molecule has 1 rings (SSSR count). The van der Waals surface area contributed by atoms with Crippen LogP contribution in [-0.2, 0) is 4.74 Å². The Morgan fingerprint density at radius 2 is 2.04 bits per heavy atom. The summed E-state index contributed by atoms with van der Waals surface area (Å²) in [6.07, 6.45) is 2.11. The Bertz CT molecular complexity index is 383. The zero-order valence-corrected chi connectivity index (χ0v) is 17.5. The summed E-state index contributed by atoms with van der Waals surface area (Å²) < 4.78 is 5.20. The molecule has 0 aromatic heterocycles. The quantitative estimate of drug-likeness (QED) is 0.306. The summed E-state index contributed by atoms with van der Waals surface area (Å²) in [5.41, 5.74) is -0.466. The molecule has 2 N–H and O–H groups in total. The number of nitrogens with zero attached hydrogens (tertiary/aromatic N) is 2. The average molecular weight is 440 g/mol. The lowest BCUT2D eigenvalue weighted by Gasteiger charge is -2.33. The first-order valence-electron chi connectivity index (χ1n) is 8.32. The van der Waals surface area contributed by atoms with Crippen LogP contribution in [0.1, 0.15) is 47.5 Å². The Morgan fingerprint density at radius 1 is 1.35 bits per heavy atom. The highest BCUT2D eigenvalue weighted by molar-refractivity contribution is 14.0. The number of amides is 1. The van der Waals surface area contributed by atoms with E-state index in [4.69, 9.17) is 4.74 Å². The number of hydrogen-bond donors (Lipinski definition) is 2. The highest BCUT2D eigenvalue weighted by Gasteiger charge is 2.19. The van der Waals surface area contributed by atoms with Crippen molar-refractivity contribution in [2.24, 2.45) is 10.9 Å². The first-order valence-corrected chi connectivity index (χ1v) is 8.32. The summed E-state index contributed by atoms with van der Waals surface area (Å²) in [5, 5.41) is 6.07. The minimum Gasteiger partial charge on any atom is -0.444 e. The van der Waals surface area contributed by atoms with E-state index in [1.54, 1.807) is 0 Å². The van der Waals surface area contributed by atoms with E-state index in [9.17, 15) is 4.79 Å². The lowest BCUT2D eigenvalue weighted by molar-refractivity contribution is 0.0529. The van der Waals surface area contributed by atoms with E-state index in [1.165, 1.54) is 12.8 Å². The third-order valence-corrected chi connectivity index (χ3v) is 3.33. The van der Waals surface area contributed by atoms with Gasteiger partial charge in [0, 0.05) is 26.2 Å². The predicted molar refractivity (Wildman–Crippen MR) is 106 cm³/mol. The molecule has 1 unspecified atom stereocenters. The normalized spacial score (nSPS) is 18.9. The molecule has 1 saturated heterocycles. The van der Waals surface area contributed by atoms with E-state index >= 15 is 0 Å². The smallest absolute Gasteiger partial charge is 0.407 e. The van der Waals surface area contributed by atoms with Crippen LogP contribution in [-0.4, -0.2) is 55.3 Å². The van der Waals surface area contributed by atoms with Crippen LogP contribution >= 0.6 is 24.0 Å². The monoisotopic (exact) mass is 440 g/mol. The van der Waals surface area contributed by atoms with Gasteiger partial charge in [0.05, 0.1) is 6.54 Å². The van der Waals surface area contributed by atoms with Crippen molar-refractivity contribution in [3.8, 4) is 0 Å². The number of aliphatic imine (C=N–C) groups is 1. The number of piperidine rings is 1. The molecule has 1 aliphatic heterocycles. The van der Waals surface area contributed by atoms with Crippen molar-refractivity contribution in [3.05, 3.63) is 0 Å². The number of rotatable bonds is 4. The Labute approximate surface area is 157 Å². The number of halogens is 1. The first-order chi connectivity index (χ1) is 10.3. The number of guanidine groups is 1. The number of ether oxygens (including phenoxy) is 1. The molecule has 0 aromatic rings. The lowest BCUT2D eigenvalue weighted by atomic mass is 10.0. The van der Waals surface area contributed by atoms with Crippen molar-refractivity contribution in [2.75, 3.05) is 32.7 Å². The molecule has 1 heterocycles. The van der Waals surface area contributed by atoms with Gasteiger partial charge in [-0.3, -0.25) is 4.99 Å². The highest BCUT2D eigenvalue weighted by Crippen LogP contribution is 2.15. The summed E-state index contributed by atoms with van der Waals surface area (Å²) >= 11 is 0. The van der Waals surface area contributed by atoms with Gasteiger partial charge in [-0.15, -0.1) is 24.0 Å². The number of likely N-dealkylation sites (tertiary alicyclic amines) is 1. The van der Waals surface area contributed by atoms with Gasteiger partial charge in [-0.2, -0.15) is 0 Å². The van der Waals surface area contributed by atoms with E-state index in [0.29, 0.717) is 19.0 Å². The van der Waals surface area contributed by atoms with E-state index < -0.39 is 5.60 Å². The maximum Gasteiger partial charge on any atom is 0.407 e. The summed E-state index contributed by atoms with van der Waals surface area (Å²) in [7, 11) is 0.